The molecule has 3 aromatic heterocycles. The minimum absolute atomic E-state index is 0.587. The monoisotopic (exact) mass is 794 g/mol. The summed E-state index contributed by atoms with van der Waals surface area (Å²) in [6.07, 6.45) is 0.731. The Balaban J connectivity index is 0.979. The van der Waals surface area contributed by atoms with Gasteiger partial charge in [-0.3, -0.25) is 0 Å². The zero-order chi connectivity index (χ0) is 41.0. The first-order valence-electron chi connectivity index (χ1n) is 20.7. The Hall–Kier alpha value is -8.42. The lowest BCUT2D eigenvalue weighted by molar-refractivity contribution is 0.669. The Morgan fingerprint density at radius 1 is 0.290 bits per heavy atom. The number of hydrogen-bond acceptors (Lipinski definition) is 7. The van der Waals surface area contributed by atoms with Gasteiger partial charge in [0.05, 0.1) is 0 Å². The lowest BCUT2D eigenvalue weighted by atomic mass is 9.94. The fourth-order valence-electron chi connectivity index (χ4n) is 8.75. The molecule has 0 radical (unpaired) electrons. The van der Waals surface area contributed by atoms with E-state index >= 15 is 0 Å². The average molecular weight is 795 g/mol. The van der Waals surface area contributed by atoms with Crippen LogP contribution in [-0.2, 0) is 6.42 Å². The van der Waals surface area contributed by atoms with Gasteiger partial charge < -0.3 is 4.42 Å². The summed E-state index contributed by atoms with van der Waals surface area (Å²) in [5.41, 5.74) is 14.3. The summed E-state index contributed by atoms with van der Waals surface area (Å²) in [4.78, 5) is 30.3. The summed E-state index contributed by atoms with van der Waals surface area (Å²) < 4.78 is 6.54. The molecule has 0 saturated carbocycles. The van der Waals surface area contributed by atoms with E-state index in [2.05, 4.69) is 60.7 Å². The summed E-state index contributed by atoms with van der Waals surface area (Å²) >= 11 is 0. The number of nitrogens with zero attached hydrogens (tertiary/aromatic N) is 6. The molecule has 0 atom stereocenters. The normalized spacial score (nSPS) is 11.8. The minimum atomic E-state index is 0.587. The van der Waals surface area contributed by atoms with E-state index in [1.807, 2.05) is 133 Å². The van der Waals surface area contributed by atoms with Crippen molar-refractivity contribution in [3.05, 3.63) is 205 Å². The molecule has 7 heteroatoms. The molecule has 3 heterocycles. The largest absolute Gasteiger partial charge is 0.456 e. The predicted octanol–water partition coefficient (Wildman–Crippen LogP) is 13.2. The van der Waals surface area contributed by atoms with Gasteiger partial charge in [0, 0.05) is 50.6 Å². The minimum Gasteiger partial charge on any atom is -0.456 e. The summed E-state index contributed by atoms with van der Waals surface area (Å²) in [6.45, 7) is 0. The SMILES string of the molecule is c1ccc(-c2nc(-c3ccccc3)nc(-c3cccc4c3Cc3c(-c5ccc6oc7cccc(-c8nc(-c9ccccc9)nc(-c9ccccc9)n8)c7c6c5)cccc3-4)n2)cc1. The lowest BCUT2D eigenvalue weighted by Gasteiger charge is -2.11. The third-order valence-electron chi connectivity index (χ3n) is 11.7. The molecule has 0 unspecified atom stereocenters. The number of fused-ring (bicyclic) bond motifs is 6. The van der Waals surface area contributed by atoms with Crippen molar-refractivity contribution in [1.29, 1.82) is 0 Å². The fraction of sp³-hybridized carbons (Fsp3) is 0.0182. The molecule has 7 nitrogen and oxygen atoms in total. The molecule has 1 aliphatic carbocycles. The molecule has 0 aliphatic heterocycles. The first-order chi connectivity index (χ1) is 30.7. The summed E-state index contributed by atoms with van der Waals surface area (Å²) in [5, 5.41) is 1.96. The van der Waals surface area contributed by atoms with Crippen LogP contribution in [0.5, 0.6) is 0 Å². The highest BCUT2D eigenvalue weighted by molar-refractivity contribution is 6.13. The molecule has 62 heavy (non-hydrogen) atoms. The third kappa shape index (κ3) is 6.14. The maximum absolute atomic E-state index is 6.54. The molecule has 0 spiro atoms. The zero-order valence-electron chi connectivity index (χ0n) is 33.3. The standard InChI is InChI=1S/C55H34N6O/c1-5-16-34(17-6-1)50-56-51(35-18-7-2-8-19-35)59-54(58-50)42-27-14-26-41-40-25-13-24-39(44(40)33-45(41)42)38-30-31-47-46(32-38)49-43(28-15-29-48(49)62-47)55-60-52(36-20-9-3-10-21-36)57-53(61-55)37-22-11-4-12-23-37/h1-32H,33H2. The van der Waals surface area contributed by atoms with Crippen LogP contribution < -0.4 is 0 Å². The second kappa shape index (κ2) is 14.7. The number of hydrogen-bond donors (Lipinski definition) is 0. The number of rotatable bonds is 7. The van der Waals surface area contributed by atoms with Crippen molar-refractivity contribution in [2.75, 3.05) is 0 Å². The van der Waals surface area contributed by atoms with Crippen LogP contribution in [0.4, 0.5) is 0 Å². The van der Waals surface area contributed by atoms with Crippen LogP contribution in [-0.4, -0.2) is 29.9 Å². The highest BCUT2D eigenvalue weighted by Gasteiger charge is 2.27. The van der Waals surface area contributed by atoms with Crippen LogP contribution in [0, 0.1) is 0 Å². The van der Waals surface area contributed by atoms with Gasteiger partial charge in [0.25, 0.3) is 0 Å². The summed E-state index contributed by atoms with van der Waals surface area (Å²) in [7, 11) is 0. The fourth-order valence-corrected chi connectivity index (χ4v) is 8.75. The molecule has 0 fully saturated rings. The van der Waals surface area contributed by atoms with Crippen molar-refractivity contribution >= 4 is 21.9 Å². The molecule has 0 bridgehead atoms. The van der Waals surface area contributed by atoms with E-state index in [4.69, 9.17) is 34.3 Å². The van der Waals surface area contributed by atoms with E-state index in [1.54, 1.807) is 0 Å². The Bertz CT molecular complexity index is 3360. The van der Waals surface area contributed by atoms with Gasteiger partial charge in [0.2, 0.25) is 0 Å². The van der Waals surface area contributed by atoms with E-state index in [9.17, 15) is 0 Å². The van der Waals surface area contributed by atoms with Gasteiger partial charge in [0.15, 0.2) is 34.9 Å². The highest BCUT2D eigenvalue weighted by atomic mass is 16.3. The van der Waals surface area contributed by atoms with Crippen molar-refractivity contribution in [3.8, 4) is 90.6 Å². The van der Waals surface area contributed by atoms with Crippen molar-refractivity contribution in [2.45, 2.75) is 6.42 Å². The second-order valence-electron chi connectivity index (χ2n) is 15.4. The Morgan fingerprint density at radius 2 is 0.694 bits per heavy atom. The molecule has 12 rings (SSSR count). The molecule has 0 saturated heterocycles. The predicted molar refractivity (Wildman–Crippen MR) is 247 cm³/mol. The first kappa shape index (κ1) is 35.5. The van der Waals surface area contributed by atoms with E-state index in [0.29, 0.717) is 34.9 Å². The molecular formula is C55H34N6O. The van der Waals surface area contributed by atoms with Crippen molar-refractivity contribution in [2.24, 2.45) is 0 Å². The maximum Gasteiger partial charge on any atom is 0.164 e. The third-order valence-corrected chi connectivity index (χ3v) is 11.7. The molecule has 290 valence electrons. The molecular weight excluding hydrogens is 761 g/mol. The van der Waals surface area contributed by atoms with Crippen LogP contribution in [0.1, 0.15) is 11.1 Å². The Kier molecular flexibility index (Phi) is 8.42. The van der Waals surface area contributed by atoms with Crippen LogP contribution in [0.15, 0.2) is 199 Å². The second-order valence-corrected chi connectivity index (χ2v) is 15.4. The average Bonchev–Trinajstić information content (AvgIpc) is 3.93. The number of furan rings is 1. The van der Waals surface area contributed by atoms with E-state index in [0.717, 1.165) is 67.3 Å². The van der Waals surface area contributed by atoms with Crippen molar-refractivity contribution in [3.63, 3.8) is 0 Å². The van der Waals surface area contributed by atoms with Crippen LogP contribution in [0.25, 0.3) is 113 Å². The van der Waals surface area contributed by atoms with Gasteiger partial charge in [-0.2, -0.15) is 0 Å². The number of aromatic nitrogens is 6. The smallest absolute Gasteiger partial charge is 0.164 e. The van der Waals surface area contributed by atoms with Gasteiger partial charge in [-0.15, -0.1) is 0 Å². The quantitative estimate of drug-likeness (QED) is 0.159. The van der Waals surface area contributed by atoms with Gasteiger partial charge in [-0.1, -0.05) is 176 Å². The summed E-state index contributed by atoms with van der Waals surface area (Å²) in [6, 6.07) is 66.1. The van der Waals surface area contributed by atoms with E-state index in [-0.39, 0.29) is 0 Å². The Morgan fingerprint density at radius 3 is 1.21 bits per heavy atom. The zero-order valence-corrected chi connectivity index (χ0v) is 33.3. The number of benzene rings is 8. The van der Waals surface area contributed by atoms with E-state index in [1.165, 1.54) is 27.8 Å². The van der Waals surface area contributed by atoms with E-state index < -0.39 is 0 Å². The van der Waals surface area contributed by atoms with Gasteiger partial charge in [-0.05, 0) is 51.6 Å². The van der Waals surface area contributed by atoms with Gasteiger partial charge in [-0.25, -0.2) is 29.9 Å². The van der Waals surface area contributed by atoms with Crippen LogP contribution >= 0.6 is 0 Å². The van der Waals surface area contributed by atoms with Crippen molar-refractivity contribution < 1.29 is 4.42 Å². The molecule has 1 aliphatic rings. The Labute approximate surface area is 357 Å². The molecule has 11 aromatic rings. The molecule has 0 amide bonds. The van der Waals surface area contributed by atoms with Crippen molar-refractivity contribution in [1.82, 2.24) is 29.9 Å². The first-order valence-corrected chi connectivity index (χ1v) is 20.7. The van der Waals surface area contributed by atoms with Gasteiger partial charge >= 0.3 is 0 Å². The molecule has 8 aromatic carbocycles. The highest BCUT2D eigenvalue weighted by Crippen LogP contribution is 2.46. The van der Waals surface area contributed by atoms with Crippen LogP contribution in [0.3, 0.4) is 0 Å². The maximum atomic E-state index is 6.54. The lowest BCUT2D eigenvalue weighted by Crippen LogP contribution is -2.01. The summed E-state index contributed by atoms with van der Waals surface area (Å²) in [5.74, 6) is 3.77. The molecule has 0 N–H and O–H groups in total. The topological polar surface area (TPSA) is 90.5 Å². The van der Waals surface area contributed by atoms with Crippen LogP contribution in [0.2, 0.25) is 0 Å². The van der Waals surface area contributed by atoms with Gasteiger partial charge in [0.1, 0.15) is 11.2 Å².